The number of aliphatic hydroxyl groups is 1. The second-order valence-electron chi connectivity index (χ2n) is 4.12. The van der Waals surface area contributed by atoms with Gasteiger partial charge in [0.05, 0.1) is 5.60 Å². The summed E-state index contributed by atoms with van der Waals surface area (Å²) in [7, 11) is 0. The van der Waals surface area contributed by atoms with Crippen LogP contribution < -0.4 is 5.32 Å². The van der Waals surface area contributed by atoms with Gasteiger partial charge in [0.25, 0.3) is 0 Å². The van der Waals surface area contributed by atoms with Crippen LogP contribution in [0.15, 0.2) is 12.1 Å². The molecule has 3 N–H and O–H groups in total. The Morgan fingerprint density at radius 1 is 1.61 bits per heavy atom. The molecule has 18 heavy (non-hydrogen) atoms. The first-order valence-corrected chi connectivity index (χ1v) is 6.98. The molecule has 1 aromatic rings. The fourth-order valence-corrected chi connectivity index (χ4v) is 2.25. The Morgan fingerprint density at radius 3 is 2.83 bits per heavy atom. The van der Waals surface area contributed by atoms with Gasteiger partial charge in [0.1, 0.15) is 16.5 Å². The van der Waals surface area contributed by atoms with Crippen LogP contribution >= 0.6 is 23.4 Å². The normalized spacial score (nSPS) is 14.0. The highest BCUT2D eigenvalue weighted by Crippen LogP contribution is 2.18. The van der Waals surface area contributed by atoms with E-state index in [1.165, 1.54) is 23.9 Å². The lowest BCUT2D eigenvalue weighted by atomic mass is 10.1. The number of carboxylic acid groups (broad SMARTS) is 1. The van der Waals surface area contributed by atoms with Crippen molar-refractivity contribution >= 4 is 35.1 Å². The highest BCUT2D eigenvalue weighted by molar-refractivity contribution is 7.98. The van der Waals surface area contributed by atoms with Gasteiger partial charge in [0.2, 0.25) is 0 Å². The maximum atomic E-state index is 11.0. The maximum absolute atomic E-state index is 11.0. The molecule has 100 valence electrons. The van der Waals surface area contributed by atoms with E-state index in [-0.39, 0.29) is 23.1 Å². The molecule has 0 aliphatic carbocycles. The Kier molecular flexibility index (Phi) is 5.25. The summed E-state index contributed by atoms with van der Waals surface area (Å²) in [5, 5.41) is 22.0. The zero-order chi connectivity index (χ0) is 13.8. The minimum atomic E-state index is -1.09. The molecular weight excluding hydrogens is 276 g/mol. The first kappa shape index (κ1) is 15.1. The lowest BCUT2D eigenvalue weighted by Crippen LogP contribution is -2.36. The number of thioether (sulfide) groups is 1. The van der Waals surface area contributed by atoms with Crippen molar-refractivity contribution in [1.29, 1.82) is 0 Å². The average molecular weight is 291 g/mol. The number of rotatable bonds is 6. The van der Waals surface area contributed by atoms with Crippen molar-refractivity contribution in [2.75, 3.05) is 23.9 Å². The molecule has 1 heterocycles. The highest BCUT2D eigenvalue weighted by Gasteiger charge is 2.21. The van der Waals surface area contributed by atoms with Crippen LogP contribution in [0.2, 0.25) is 5.15 Å². The van der Waals surface area contributed by atoms with Crippen LogP contribution in [-0.2, 0) is 0 Å². The number of hydrogen-bond acceptors (Lipinski definition) is 5. The van der Waals surface area contributed by atoms with Gasteiger partial charge < -0.3 is 15.5 Å². The van der Waals surface area contributed by atoms with Gasteiger partial charge in [-0.25, -0.2) is 9.78 Å². The molecule has 1 rings (SSSR count). The SMILES string of the molecule is CSCC(C)(O)CNc1nc(Cl)ccc1C(=O)O. The van der Waals surface area contributed by atoms with Crippen LogP contribution in [0, 0.1) is 0 Å². The molecule has 0 saturated heterocycles. The second kappa shape index (κ2) is 6.26. The highest BCUT2D eigenvalue weighted by atomic mass is 35.5. The largest absolute Gasteiger partial charge is 0.478 e. The van der Waals surface area contributed by atoms with Crippen molar-refractivity contribution in [1.82, 2.24) is 4.98 Å². The molecular formula is C11H15ClN2O3S. The van der Waals surface area contributed by atoms with E-state index in [1.54, 1.807) is 6.92 Å². The van der Waals surface area contributed by atoms with Gasteiger partial charge in [-0.15, -0.1) is 0 Å². The molecule has 0 fully saturated rings. The van der Waals surface area contributed by atoms with E-state index in [4.69, 9.17) is 16.7 Å². The number of halogens is 1. The Bertz CT molecular complexity index is 440. The summed E-state index contributed by atoms with van der Waals surface area (Å²) in [6, 6.07) is 2.79. The van der Waals surface area contributed by atoms with E-state index in [0.717, 1.165) is 0 Å². The van der Waals surface area contributed by atoms with Crippen LogP contribution in [0.4, 0.5) is 5.82 Å². The topological polar surface area (TPSA) is 82.5 Å². The molecule has 0 aliphatic heterocycles. The molecule has 1 atom stereocenters. The number of anilines is 1. The van der Waals surface area contributed by atoms with Crippen molar-refractivity contribution in [3.63, 3.8) is 0 Å². The van der Waals surface area contributed by atoms with Gasteiger partial charge in [-0.1, -0.05) is 11.6 Å². The Morgan fingerprint density at radius 2 is 2.28 bits per heavy atom. The number of carboxylic acids is 1. The molecule has 0 bridgehead atoms. The molecule has 0 amide bonds. The van der Waals surface area contributed by atoms with Gasteiger partial charge in [0, 0.05) is 12.3 Å². The standard InChI is InChI=1S/C11H15ClN2O3S/c1-11(17,6-18-2)5-13-9-7(10(15)16)3-4-8(12)14-9/h3-4,17H,5-6H2,1-2H3,(H,13,14)(H,15,16). The summed E-state index contributed by atoms with van der Waals surface area (Å²) >= 11 is 7.23. The van der Waals surface area contributed by atoms with Crippen molar-refractivity contribution in [3.8, 4) is 0 Å². The number of carbonyl (C=O) groups is 1. The number of aromatic carboxylic acids is 1. The van der Waals surface area contributed by atoms with Crippen molar-refractivity contribution in [2.45, 2.75) is 12.5 Å². The quantitative estimate of drug-likeness (QED) is 0.695. The third-order valence-corrected chi connectivity index (χ3v) is 3.30. The predicted molar refractivity (Wildman–Crippen MR) is 73.7 cm³/mol. The molecule has 1 aromatic heterocycles. The van der Waals surface area contributed by atoms with E-state index in [9.17, 15) is 9.90 Å². The molecule has 0 aromatic carbocycles. The number of aromatic nitrogens is 1. The van der Waals surface area contributed by atoms with E-state index in [1.807, 2.05) is 6.26 Å². The van der Waals surface area contributed by atoms with Gasteiger partial charge >= 0.3 is 5.97 Å². The van der Waals surface area contributed by atoms with E-state index >= 15 is 0 Å². The number of nitrogens with one attached hydrogen (secondary N) is 1. The fourth-order valence-electron chi connectivity index (χ4n) is 1.38. The molecule has 0 aliphatic rings. The summed E-state index contributed by atoms with van der Waals surface area (Å²) < 4.78 is 0. The summed E-state index contributed by atoms with van der Waals surface area (Å²) in [6.45, 7) is 1.86. The monoisotopic (exact) mass is 290 g/mol. The van der Waals surface area contributed by atoms with E-state index in [0.29, 0.717) is 5.75 Å². The lowest BCUT2D eigenvalue weighted by Gasteiger charge is -2.23. The number of pyridine rings is 1. The predicted octanol–water partition coefficient (Wildman–Crippen LogP) is 1.96. The van der Waals surface area contributed by atoms with Crippen LogP contribution in [0.1, 0.15) is 17.3 Å². The molecule has 1 unspecified atom stereocenters. The van der Waals surface area contributed by atoms with Crippen LogP contribution in [-0.4, -0.2) is 45.3 Å². The molecule has 5 nitrogen and oxygen atoms in total. The summed E-state index contributed by atoms with van der Waals surface area (Å²) in [6.07, 6.45) is 1.88. The number of nitrogens with zero attached hydrogens (tertiary/aromatic N) is 1. The smallest absolute Gasteiger partial charge is 0.339 e. The third kappa shape index (κ3) is 4.36. The van der Waals surface area contributed by atoms with Crippen molar-refractivity contribution < 1.29 is 15.0 Å². The summed E-state index contributed by atoms with van der Waals surface area (Å²) in [5.41, 5.74) is -0.918. The van der Waals surface area contributed by atoms with Gasteiger partial charge in [-0.2, -0.15) is 11.8 Å². The van der Waals surface area contributed by atoms with Crippen molar-refractivity contribution in [2.24, 2.45) is 0 Å². The van der Waals surface area contributed by atoms with Crippen LogP contribution in [0.3, 0.4) is 0 Å². The summed E-state index contributed by atoms with van der Waals surface area (Å²) in [4.78, 5) is 14.9. The molecule has 0 radical (unpaired) electrons. The molecule has 0 spiro atoms. The van der Waals surface area contributed by atoms with Crippen molar-refractivity contribution in [3.05, 3.63) is 22.8 Å². The fraction of sp³-hybridized carbons (Fsp3) is 0.455. The second-order valence-corrected chi connectivity index (χ2v) is 5.37. The minimum Gasteiger partial charge on any atom is -0.478 e. The Labute approximate surface area is 115 Å². The molecule has 7 heteroatoms. The van der Waals surface area contributed by atoms with Crippen LogP contribution in [0.5, 0.6) is 0 Å². The number of hydrogen-bond donors (Lipinski definition) is 3. The first-order chi connectivity index (χ1) is 8.35. The first-order valence-electron chi connectivity index (χ1n) is 5.21. The van der Waals surface area contributed by atoms with Gasteiger partial charge in [-0.05, 0) is 25.3 Å². The van der Waals surface area contributed by atoms with Crippen LogP contribution in [0.25, 0.3) is 0 Å². The third-order valence-electron chi connectivity index (χ3n) is 2.18. The molecule has 0 saturated carbocycles. The maximum Gasteiger partial charge on any atom is 0.339 e. The zero-order valence-corrected chi connectivity index (χ0v) is 11.7. The zero-order valence-electron chi connectivity index (χ0n) is 10.1. The van der Waals surface area contributed by atoms with E-state index < -0.39 is 11.6 Å². The minimum absolute atomic E-state index is 0.0272. The Balaban J connectivity index is 2.83. The average Bonchev–Trinajstić information content (AvgIpc) is 2.26. The van der Waals surface area contributed by atoms with E-state index in [2.05, 4.69) is 10.3 Å². The lowest BCUT2D eigenvalue weighted by molar-refractivity contribution is 0.0696. The van der Waals surface area contributed by atoms with Gasteiger partial charge in [-0.3, -0.25) is 0 Å². The summed E-state index contributed by atoms with van der Waals surface area (Å²) in [5.74, 6) is -0.397. The Hall–Kier alpha value is -0.980. The van der Waals surface area contributed by atoms with Gasteiger partial charge in [0.15, 0.2) is 0 Å².